The predicted molar refractivity (Wildman–Crippen MR) is 90.8 cm³/mol. The van der Waals surface area contributed by atoms with Gasteiger partial charge in [0.1, 0.15) is 6.10 Å². The van der Waals surface area contributed by atoms with E-state index in [1.54, 1.807) is 19.1 Å². The largest absolute Gasteiger partial charge is 0.404 e. The van der Waals surface area contributed by atoms with Crippen LogP contribution in [-0.2, 0) is 14.1 Å². The molecule has 130 valence electrons. The summed E-state index contributed by atoms with van der Waals surface area (Å²) in [4.78, 5) is 41.7. The van der Waals surface area contributed by atoms with Crippen molar-refractivity contribution in [3.8, 4) is 0 Å². The van der Waals surface area contributed by atoms with Gasteiger partial charge in [-0.05, 0) is 37.2 Å². The number of nitrogens with zero attached hydrogens (tertiary/aromatic N) is 1. The Hall–Kier alpha value is -1.99. The zero-order valence-electron chi connectivity index (χ0n) is 14.9. The van der Waals surface area contributed by atoms with E-state index in [2.05, 4.69) is 20.8 Å². The Balaban J connectivity index is 2.08. The minimum atomic E-state index is -2.17. The average Bonchev–Trinajstić information content (AvgIpc) is 2.71. The van der Waals surface area contributed by atoms with Crippen LogP contribution < -0.4 is 0 Å². The summed E-state index contributed by atoms with van der Waals surface area (Å²) >= 11 is 0. The van der Waals surface area contributed by atoms with Crippen LogP contribution >= 0.6 is 0 Å². The van der Waals surface area contributed by atoms with E-state index < -0.39 is 32.2 Å². The van der Waals surface area contributed by atoms with E-state index in [9.17, 15) is 14.4 Å². The summed E-state index contributed by atoms with van der Waals surface area (Å²) in [6.45, 7) is 11.8. The lowest BCUT2D eigenvalue weighted by atomic mass is 10.1. The van der Waals surface area contributed by atoms with Gasteiger partial charge in [-0.3, -0.25) is 9.59 Å². The number of benzene rings is 1. The van der Waals surface area contributed by atoms with Crippen LogP contribution in [0, 0.1) is 0 Å². The molecule has 1 unspecified atom stereocenters. The van der Waals surface area contributed by atoms with Crippen LogP contribution in [0.25, 0.3) is 0 Å². The Morgan fingerprint density at radius 2 is 1.54 bits per heavy atom. The number of hydrogen-bond acceptors (Lipinski definition) is 5. The van der Waals surface area contributed by atoms with Crippen molar-refractivity contribution >= 4 is 26.1 Å². The van der Waals surface area contributed by atoms with Crippen LogP contribution in [0.4, 0.5) is 0 Å². The molecule has 0 aromatic heterocycles. The van der Waals surface area contributed by atoms with Gasteiger partial charge in [-0.2, -0.15) is 0 Å². The van der Waals surface area contributed by atoms with E-state index in [0.717, 1.165) is 0 Å². The number of rotatable bonds is 4. The number of carbonyl (C=O) groups is 3. The number of fused-ring (bicyclic) bond motifs is 1. The molecule has 1 atom stereocenters. The summed E-state index contributed by atoms with van der Waals surface area (Å²) in [5.74, 6) is -2.03. The first-order chi connectivity index (χ1) is 11.0. The molecule has 1 aliphatic rings. The highest BCUT2D eigenvalue weighted by Crippen LogP contribution is 2.37. The monoisotopic (exact) mass is 349 g/mol. The predicted octanol–water partition coefficient (Wildman–Crippen LogP) is 3.15. The molecule has 6 nitrogen and oxygen atoms in total. The van der Waals surface area contributed by atoms with Crippen LogP contribution in [-0.4, -0.2) is 37.3 Å². The summed E-state index contributed by atoms with van der Waals surface area (Å²) in [6, 6.07) is 6.36. The standard InChI is InChI=1S/C17H23NO5Si/c1-11(23-24(5,6)17(2,3)4)16(21)22-18-14(19)12-9-7-8-10-13(12)15(18)20/h7-11H,1-6H3. The van der Waals surface area contributed by atoms with Crippen LogP contribution in [0.5, 0.6) is 0 Å². The molecule has 1 aromatic carbocycles. The Bertz CT molecular complexity index is 657. The van der Waals surface area contributed by atoms with Gasteiger partial charge < -0.3 is 9.26 Å². The third-order valence-corrected chi connectivity index (χ3v) is 9.10. The van der Waals surface area contributed by atoms with Gasteiger partial charge in [0.15, 0.2) is 8.32 Å². The van der Waals surface area contributed by atoms with Crippen molar-refractivity contribution in [3.63, 3.8) is 0 Å². The molecular weight excluding hydrogens is 326 g/mol. The van der Waals surface area contributed by atoms with Crippen molar-refractivity contribution in [2.45, 2.75) is 51.9 Å². The van der Waals surface area contributed by atoms with E-state index in [1.165, 1.54) is 12.1 Å². The summed E-state index contributed by atoms with van der Waals surface area (Å²) in [7, 11) is -2.17. The molecule has 24 heavy (non-hydrogen) atoms. The highest BCUT2D eigenvalue weighted by atomic mass is 28.4. The average molecular weight is 349 g/mol. The van der Waals surface area contributed by atoms with Gasteiger partial charge in [0.05, 0.1) is 11.1 Å². The molecule has 1 heterocycles. The van der Waals surface area contributed by atoms with Gasteiger partial charge in [0, 0.05) is 0 Å². The first-order valence-corrected chi connectivity index (χ1v) is 10.7. The maximum Gasteiger partial charge on any atom is 0.360 e. The van der Waals surface area contributed by atoms with E-state index >= 15 is 0 Å². The molecule has 1 aliphatic heterocycles. The molecular formula is C17H23NO5Si. The fourth-order valence-electron chi connectivity index (χ4n) is 2.08. The SMILES string of the molecule is CC(O[Si](C)(C)C(C)(C)C)C(=O)ON1C(=O)c2ccccc2C1=O. The lowest BCUT2D eigenvalue weighted by Gasteiger charge is -2.37. The van der Waals surface area contributed by atoms with Crippen LogP contribution in [0.1, 0.15) is 48.4 Å². The maximum absolute atomic E-state index is 12.3. The quantitative estimate of drug-likeness (QED) is 0.617. The van der Waals surface area contributed by atoms with E-state index in [-0.39, 0.29) is 16.2 Å². The number of imide groups is 1. The Morgan fingerprint density at radius 3 is 1.96 bits per heavy atom. The first-order valence-electron chi connectivity index (χ1n) is 7.83. The lowest BCUT2D eigenvalue weighted by molar-refractivity contribution is -0.176. The van der Waals surface area contributed by atoms with Crippen LogP contribution in [0.3, 0.4) is 0 Å². The number of hydroxylamine groups is 2. The van der Waals surface area contributed by atoms with Crippen molar-refractivity contribution in [1.82, 2.24) is 5.06 Å². The minimum absolute atomic E-state index is 0.0724. The molecule has 0 radical (unpaired) electrons. The van der Waals surface area contributed by atoms with E-state index in [1.807, 2.05) is 13.1 Å². The third-order valence-electron chi connectivity index (χ3n) is 4.55. The fraction of sp³-hybridized carbons (Fsp3) is 0.471. The van der Waals surface area contributed by atoms with E-state index in [0.29, 0.717) is 5.06 Å². The van der Waals surface area contributed by atoms with Crippen molar-refractivity contribution in [3.05, 3.63) is 35.4 Å². The molecule has 1 aromatic rings. The van der Waals surface area contributed by atoms with Gasteiger partial charge in [-0.25, -0.2) is 4.79 Å². The molecule has 2 amide bonds. The number of hydrogen-bond donors (Lipinski definition) is 0. The van der Waals surface area contributed by atoms with Crippen molar-refractivity contribution in [1.29, 1.82) is 0 Å². The van der Waals surface area contributed by atoms with Gasteiger partial charge in [0.25, 0.3) is 11.8 Å². The Labute approximate surface area is 142 Å². The second-order valence-corrected chi connectivity index (χ2v) is 12.1. The Kier molecular flexibility index (Phi) is 4.69. The summed E-state index contributed by atoms with van der Waals surface area (Å²) in [6.07, 6.45) is -0.866. The molecule has 0 aliphatic carbocycles. The molecule has 0 spiro atoms. The smallest absolute Gasteiger partial charge is 0.360 e. The summed E-state index contributed by atoms with van der Waals surface area (Å²) in [5, 5.41) is 0.440. The minimum Gasteiger partial charge on any atom is -0.404 e. The number of amides is 2. The van der Waals surface area contributed by atoms with Gasteiger partial charge >= 0.3 is 5.97 Å². The second kappa shape index (κ2) is 6.14. The molecule has 0 saturated carbocycles. The second-order valence-electron chi connectivity index (χ2n) is 7.38. The highest BCUT2D eigenvalue weighted by molar-refractivity contribution is 6.74. The highest BCUT2D eigenvalue weighted by Gasteiger charge is 2.42. The molecule has 7 heteroatoms. The van der Waals surface area contributed by atoms with Gasteiger partial charge in [-0.15, -0.1) is 0 Å². The molecule has 0 bridgehead atoms. The molecule has 2 rings (SSSR count). The lowest BCUT2D eigenvalue weighted by Crippen LogP contribution is -2.46. The molecule has 0 fully saturated rings. The fourth-order valence-corrected chi connectivity index (χ4v) is 3.41. The van der Waals surface area contributed by atoms with Gasteiger partial charge in [0.2, 0.25) is 0 Å². The summed E-state index contributed by atoms with van der Waals surface area (Å²) < 4.78 is 5.94. The normalized spacial score (nSPS) is 16.2. The zero-order chi connectivity index (χ0) is 18.3. The summed E-state index contributed by atoms with van der Waals surface area (Å²) in [5.41, 5.74) is 0.460. The van der Waals surface area contributed by atoms with E-state index in [4.69, 9.17) is 9.26 Å². The molecule has 0 saturated heterocycles. The molecule has 0 N–H and O–H groups in total. The van der Waals surface area contributed by atoms with Crippen molar-refractivity contribution in [2.24, 2.45) is 0 Å². The topological polar surface area (TPSA) is 72.9 Å². The Morgan fingerprint density at radius 1 is 1.08 bits per heavy atom. The van der Waals surface area contributed by atoms with Crippen LogP contribution in [0.2, 0.25) is 18.1 Å². The van der Waals surface area contributed by atoms with Gasteiger partial charge in [-0.1, -0.05) is 38.0 Å². The van der Waals surface area contributed by atoms with Crippen molar-refractivity contribution < 1.29 is 23.6 Å². The number of carbonyl (C=O) groups excluding carboxylic acids is 3. The maximum atomic E-state index is 12.3. The van der Waals surface area contributed by atoms with Crippen LogP contribution in [0.15, 0.2) is 24.3 Å². The first kappa shape index (κ1) is 18.3. The zero-order valence-corrected chi connectivity index (χ0v) is 15.9. The third kappa shape index (κ3) is 3.27. The van der Waals surface area contributed by atoms with Crippen molar-refractivity contribution in [2.75, 3.05) is 0 Å².